The van der Waals surface area contributed by atoms with Crippen molar-refractivity contribution in [1.29, 1.82) is 5.26 Å². The van der Waals surface area contributed by atoms with E-state index in [4.69, 9.17) is 10.1 Å². The van der Waals surface area contributed by atoms with E-state index in [2.05, 4.69) is 5.16 Å². The predicted octanol–water partition coefficient (Wildman–Crippen LogP) is 2.01. The molecule has 0 spiro atoms. The van der Waals surface area contributed by atoms with Gasteiger partial charge in [-0.3, -0.25) is 0 Å². The van der Waals surface area contributed by atoms with Crippen molar-refractivity contribution in [3.05, 3.63) is 22.4 Å². The molecule has 0 amide bonds. The van der Waals surface area contributed by atoms with E-state index in [0.29, 0.717) is 13.0 Å². The van der Waals surface area contributed by atoms with E-state index in [1.54, 1.807) is 17.6 Å². The zero-order chi connectivity index (χ0) is 8.65. The molecule has 62 valence electrons. The number of oxime groups is 1. The van der Waals surface area contributed by atoms with Crippen molar-refractivity contribution in [2.75, 3.05) is 6.61 Å². The van der Waals surface area contributed by atoms with Gasteiger partial charge >= 0.3 is 0 Å². The Morgan fingerprint density at radius 2 is 2.67 bits per heavy atom. The van der Waals surface area contributed by atoms with Crippen molar-refractivity contribution in [3.63, 3.8) is 0 Å². The summed E-state index contributed by atoms with van der Waals surface area (Å²) in [4.78, 5) is 5.85. The molecule has 0 aliphatic rings. The Hall–Kier alpha value is -1.34. The highest BCUT2D eigenvalue weighted by Crippen LogP contribution is 2.04. The minimum absolute atomic E-state index is 0.359. The summed E-state index contributed by atoms with van der Waals surface area (Å²) in [5, 5.41) is 13.8. The fourth-order valence-corrected chi connectivity index (χ4v) is 1.17. The lowest BCUT2D eigenvalue weighted by Crippen LogP contribution is -1.85. The molecule has 0 aromatic carbocycles. The molecule has 0 saturated carbocycles. The summed E-state index contributed by atoms with van der Waals surface area (Å²) in [6.07, 6.45) is 2.02. The van der Waals surface area contributed by atoms with Gasteiger partial charge in [0.1, 0.15) is 6.61 Å². The van der Waals surface area contributed by atoms with Crippen LogP contribution in [0.15, 0.2) is 22.7 Å². The van der Waals surface area contributed by atoms with Gasteiger partial charge in [-0.05, 0) is 11.4 Å². The average molecular weight is 180 g/mol. The summed E-state index contributed by atoms with van der Waals surface area (Å²) in [6, 6.07) is 5.86. The SMILES string of the molecule is N#CCCO/N=C/c1cccs1. The number of rotatable bonds is 4. The molecule has 0 bridgehead atoms. The van der Waals surface area contributed by atoms with Crippen LogP contribution in [0.3, 0.4) is 0 Å². The van der Waals surface area contributed by atoms with E-state index in [9.17, 15) is 0 Å². The molecule has 0 fully saturated rings. The second-order valence-corrected chi connectivity index (χ2v) is 2.97. The molecule has 4 heteroatoms. The standard InChI is InChI=1S/C8H8N2OS/c9-4-2-5-11-10-7-8-3-1-6-12-8/h1,3,6-7H,2,5H2/b10-7+. The molecule has 0 atom stereocenters. The normalized spacial score (nSPS) is 9.92. The van der Waals surface area contributed by atoms with Crippen LogP contribution in [-0.2, 0) is 4.84 Å². The highest BCUT2D eigenvalue weighted by molar-refractivity contribution is 7.11. The number of nitriles is 1. The summed E-state index contributed by atoms with van der Waals surface area (Å²) < 4.78 is 0. The first kappa shape index (κ1) is 8.75. The molecular formula is C8H8N2OS. The molecule has 12 heavy (non-hydrogen) atoms. The summed E-state index contributed by atoms with van der Waals surface area (Å²) in [5.41, 5.74) is 0. The maximum Gasteiger partial charge on any atom is 0.130 e. The van der Waals surface area contributed by atoms with Gasteiger partial charge in [-0.25, -0.2) is 0 Å². The van der Waals surface area contributed by atoms with Crippen LogP contribution in [0, 0.1) is 11.3 Å². The van der Waals surface area contributed by atoms with Crippen molar-refractivity contribution >= 4 is 17.6 Å². The van der Waals surface area contributed by atoms with Gasteiger partial charge in [0.05, 0.1) is 18.7 Å². The maximum atomic E-state index is 8.17. The number of hydrogen-bond donors (Lipinski definition) is 0. The average Bonchev–Trinajstić information content (AvgIpc) is 2.57. The number of thiophene rings is 1. The zero-order valence-electron chi connectivity index (χ0n) is 6.43. The summed E-state index contributed by atoms with van der Waals surface area (Å²) in [5.74, 6) is 0. The van der Waals surface area contributed by atoms with Crippen LogP contribution in [0.4, 0.5) is 0 Å². The van der Waals surface area contributed by atoms with E-state index in [1.165, 1.54) is 0 Å². The Labute approximate surface area is 74.9 Å². The molecule has 0 N–H and O–H groups in total. The molecule has 1 aromatic rings. The Balaban J connectivity index is 2.20. The van der Waals surface area contributed by atoms with E-state index < -0.39 is 0 Å². The molecule has 0 saturated heterocycles. The molecule has 1 heterocycles. The molecule has 1 rings (SSSR count). The maximum absolute atomic E-state index is 8.17. The summed E-state index contributed by atoms with van der Waals surface area (Å²) in [6.45, 7) is 0.359. The molecule has 0 aliphatic heterocycles. The third-order valence-electron chi connectivity index (χ3n) is 1.10. The third-order valence-corrected chi connectivity index (χ3v) is 1.91. The van der Waals surface area contributed by atoms with Crippen molar-refractivity contribution in [1.82, 2.24) is 0 Å². The summed E-state index contributed by atoms with van der Waals surface area (Å²) in [7, 11) is 0. The van der Waals surface area contributed by atoms with E-state index >= 15 is 0 Å². The minimum atomic E-state index is 0.359. The molecule has 0 radical (unpaired) electrons. The van der Waals surface area contributed by atoms with E-state index in [1.807, 2.05) is 23.6 Å². The van der Waals surface area contributed by atoms with Crippen LogP contribution in [0.2, 0.25) is 0 Å². The van der Waals surface area contributed by atoms with Crippen LogP contribution in [0.5, 0.6) is 0 Å². The Kier molecular flexibility index (Phi) is 3.89. The van der Waals surface area contributed by atoms with Crippen molar-refractivity contribution < 1.29 is 4.84 Å². The first-order valence-electron chi connectivity index (χ1n) is 3.49. The number of nitrogens with zero attached hydrogens (tertiary/aromatic N) is 2. The Morgan fingerprint density at radius 3 is 3.33 bits per heavy atom. The lowest BCUT2D eigenvalue weighted by atomic mass is 10.5. The number of hydrogen-bond acceptors (Lipinski definition) is 4. The van der Waals surface area contributed by atoms with Crippen LogP contribution in [-0.4, -0.2) is 12.8 Å². The van der Waals surface area contributed by atoms with Crippen LogP contribution in [0.25, 0.3) is 0 Å². The third kappa shape index (κ3) is 3.17. The second kappa shape index (κ2) is 5.33. The first-order chi connectivity index (χ1) is 5.93. The van der Waals surface area contributed by atoms with Gasteiger partial charge in [-0.1, -0.05) is 11.2 Å². The Morgan fingerprint density at radius 1 is 1.75 bits per heavy atom. The summed E-state index contributed by atoms with van der Waals surface area (Å²) >= 11 is 1.59. The smallest absolute Gasteiger partial charge is 0.130 e. The monoisotopic (exact) mass is 180 g/mol. The predicted molar refractivity (Wildman–Crippen MR) is 48.1 cm³/mol. The molecular weight excluding hydrogens is 172 g/mol. The van der Waals surface area contributed by atoms with E-state index in [-0.39, 0.29) is 0 Å². The largest absolute Gasteiger partial charge is 0.395 e. The van der Waals surface area contributed by atoms with Crippen LogP contribution >= 0.6 is 11.3 Å². The minimum Gasteiger partial charge on any atom is -0.395 e. The van der Waals surface area contributed by atoms with Gasteiger partial charge in [0, 0.05) is 4.88 Å². The van der Waals surface area contributed by atoms with Crippen LogP contribution < -0.4 is 0 Å². The fourth-order valence-electron chi connectivity index (χ4n) is 0.598. The zero-order valence-corrected chi connectivity index (χ0v) is 7.25. The topological polar surface area (TPSA) is 45.4 Å². The van der Waals surface area contributed by atoms with Gasteiger partial charge < -0.3 is 4.84 Å². The van der Waals surface area contributed by atoms with Gasteiger partial charge in [-0.15, -0.1) is 11.3 Å². The quantitative estimate of drug-likeness (QED) is 0.404. The highest BCUT2D eigenvalue weighted by atomic mass is 32.1. The van der Waals surface area contributed by atoms with E-state index in [0.717, 1.165) is 4.88 Å². The first-order valence-corrected chi connectivity index (χ1v) is 4.37. The molecule has 0 unspecified atom stereocenters. The van der Waals surface area contributed by atoms with Crippen molar-refractivity contribution in [2.45, 2.75) is 6.42 Å². The molecule has 0 aliphatic carbocycles. The van der Waals surface area contributed by atoms with Gasteiger partial charge in [0.15, 0.2) is 0 Å². The van der Waals surface area contributed by atoms with Gasteiger partial charge in [-0.2, -0.15) is 5.26 Å². The Bertz CT molecular complexity index is 274. The fraction of sp³-hybridized carbons (Fsp3) is 0.250. The van der Waals surface area contributed by atoms with Crippen LogP contribution in [0.1, 0.15) is 11.3 Å². The lowest BCUT2D eigenvalue weighted by Gasteiger charge is -1.90. The lowest BCUT2D eigenvalue weighted by molar-refractivity contribution is 0.152. The highest BCUT2D eigenvalue weighted by Gasteiger charge is 1.86. The van der Waals surface area contributed by atoms with Crippen molar-refractivity contribution in [3.8, 4) is 6.07 Å². The molecule has 1 aromatic heterocycles. The van der Waals surface area contributed by atoms with Crippen molar-refractivity contribution in [2.24, 2.45) is 5.16 Å². The van der Waals surface area contributed by atoms with Gasteiger partial charge in [0.25, 0.3) is 0 Å². The second-order valence-electron chi connectivity index (χ2n) is 1.99. The van der Waals surface area contributed by atoms with Gasteiger partial charge in [0.2, 0.25) is 0 Å². The molecule has 3 nitrogen and oxygen atoms in total.